The topological polar surface area (TPSA) is 95.6 Å². The Morgan fingerprint density at radius 3 is 2.56 bits per heavy atom. The van der Waals surface area contributed by atoms with Gasteiger partial charge in [-0.15, -0.1) is 11.3 Å². The van der Waals surface area contributed by atoms with Gasteiger partial charge in [0.05, 0.1) is 11.4 Å². The molecule has 178 valence electrons. The van der Waals surface area contributed by atoms with Gasteiger partial charge in [-0.1, -0.05) is 36.4 Å². The number of rotatable bonds is 8. The third-order valence-corrected chi connectivity index (χ3v) is 8.18. The standard InChI is InChI=1S/C25H27N3O4S2/c1-17-13-20-15-22(10-11-24(20)28(17)18(2)29)34(31,32)27-23(14-19-7-4-3-5-8-19)25(30)26-16-21-9-6-12-33-21/h3-12,15,17,23,27H,13-14,16H2,1-2H3,(H,26,30)/t17-,23+/m1/s1. The number of carbonyl (C=O) groups excluding carboxylic acids is 2. The van der Waals surface area contributed by atoms with E-state index in [-0.39, 0.29) is 23.3 Å². The molecule has 1 aliphatic heterocycles. The molecule has 2 amide bonds. The van der Waals surface area contributed by atoms with Crippen molar-refractivity contribution in [3.8, 4) is 0 Å². The van der Waals surface area contributed by atoms with Crippen LogP contribution < -0.4 is 14.9 Å². The lowest BCUT2D eigenvalue weighted by Crippen LogP contribution is -2.47. The van der Waals surface area contributed by atoms with Gasteiger partial charge in [0.25, 0.3) is 0 Å². The fraction of sp³-hybridized carbons (Fsp3) is 0.280. The van der Waals surface area contributed by atoms with Gasteiger partial charge in [-0.25, -0.2) is 8.42 Å². The number of nitrogens with one attached hydrogen (secondary N) is 2. The fourth-order valence-corrected chi connectivity index (χ4v) is 6.15. The zero-order valence-corrected chi connectivity index (χ0v) is 20.7. The third-order valence-electron chi connectivity index (χ3n) is 5.83. The maximum Gasteiger partial charge on any atom is 0.241 e. The van der Waals surface area contributed by atoms with Gasteiger partial charge in [-0.2, -0.15) is 4.72 Å². The van der Waals surface area contributed by atoms with Crippen molar-refractivity contribution in [1.82, 2.24) is 10.0 Å². The zero-order valence-electron chi connectivity index (χ0n) is 19.0. The van der Waals surface area contributed by atoms with Crippen LogP contribution in [-0.2, 0) is 39.0 Å². The van der Waals surface area contributed by atoms with Crippen LogP contribution in [0.5, 0.6) is 0 Å². The Morgan fingerprint density at radius 1 is 1.12 bits per heavy atom. The SMILES string of the molecule is CC(=O)N1c2ccc(S(=O)(=O)N[C@@H](Cc3ccccc3)C(=O)NCc3cccs3)cc2C[C@H]1C. The lowest BCUT2D eigenvalue weighted by Gasteiger charge is -2.21. The molecule has 1 aromatic heterocycles. The van der Waals surface area contributed by atoms with Gasteiger partial charge in [-0.05, 0) is 60.5 Å². The summed E-state index contributed by atoms with van der Waals surface area (Å²) in [4.78, 5) is 27.8. The number of fused-ring (bicyclic) bond motifs is 1. The first kappa shape index (κ1) is 24.1. The molecule has 0 bridgehead atoms. The Balaban J connectivity index is 1.56. The molecule has 0 saturated carbocycles. The van der Waals surface area contributed by atoms with E-state index in [1.54, 1.807) is 17.0 Å². The predicted molar refractivity (Wildman–Crippen MR) is 133 cm³/mol. The van der Waals surface area contributed by atoms with Crippen molar-refractivity contribution < 1.29 is 18.0 Å². The van der Waals surface area contributed by atoms with E-state index in [1.165, 1.54) is 24.3 Å². The van der Waals surface area contributed by atoms with Gasteiger partial charge in [0, 0.05) is 23.5 Å². The maximum absolute atomic E-state index is 13.3. The third kappa shape index (κ3) is 5.38. The van der Waals surface area contributed by atoms with Gasteiger partial charge < -0.3 is 10.2 Å². The van der Waals surface area contributed by atoms with Crippen molar-refractivity contribution in [2.75, 3.05) is 4.90 Å². The summed E-state index contributed by atoms with van der Waals surface area (Å²) in [5.41, 5.74) is 2.38. The first-order chi connectivity index (χ1) is 16.2. The normalized spacial score (nSPS) is 16.2. The second-order valence-corrected chi connectivity index (χ2v) is 11.1. The van der Waals surface area contributed by atoms with Crippen LogP contribution in [0, 0.1) is 0 Å². The number of sulfonamides is 1. The molecular formula is C25H27N3O4S2. The number of carbonyl (C=O) groups is 2. The first-order valence-corrected chi connectivity index (χ1v) is 13.4. The van der Waals surface area contributed by atoms with Crippen molar-refractivity contribution in [3.05, 3.63) is 82.0 Å². The molecule has 3 aromatic rings. The Kier molecular flexibility index (Phi) is 7.16. The van der Waals surface area contributed by atoms with E-state index in [1.807, 2.05) is 54.8 Å². The Hall–Kier alpha value is -3.01. The summed E-state index contributed by atoms with van der Waals surface area (Å²) in [6.07, 6.45) is 0.795. The summed E-state index contributed by atoms with van der Waals surface area (Å²) in [6.45, 7) is 3.77. The minimum Gasteiger partial charge on any atom is -0.350 e. The molecule has 0 radical (unpaired) electrons. The Bertz CT molecular complexity index is 1270. The average Bonchev–Trinajstić information content (AvgIpc) is 3.43. The highest BCUT2D eigenvalue weighted by molar-refractivity contribution is 7.89. The summed E-state index contributed by atoms with van der Waals surface area (Å²) in [5.74, 6) is -0.469. The Morgan fingerprint density at radius 2 is 1.88 bits per heavy atom. The van der Waals surface area contributed by atoms with Gasteiger partial charge >= 0.3 is 0 Å². The molecule has 0 unspecified atom stereocenters. The van der Waals surface area contributed by atoms with Crippen LogP contribution in [0.2, 0.25) is 0 Å². The first-order valence-electron chi connectivity index (χ1n) is 11.0. The van der Waals surface area contributed by atoms with E-state index in [0.717, 1.165) is 21.7 Å². The number of amides is 2. The second-order valence-electron chi connectivity index (χ2n) is 8.39. The summed E-state index contributed by atoms with van der Waals surface area (Å²) >= 11 is 1.52. The van der Waals surface area contributed by atoms with Crippen LogP contribution in [0.1, 0.15) is 29.9 Å². The highest BCUT2D eigenvalue weighted by atomic mass is 32.2. The molecule has 2 N–H and O–H groups in total. The monoisotopic (exact) mass is 497 g/mol. The summed E-state index contributed by atoms with van der Waals surface area (Å²) in [5, 5.41) is 4.77. The fourth-order valence-electron chi connectivity index (χ4n) is 4.26. The zero-order chi connectivity index (χ0) is 24.3. The molecule has 1 aliphatic rings. The molecule has 0 fully saturated rings. The van der Waals surface area contributed by atoms with Gasteiger partial charge in [0.1, 0.15) is 6.04 Å². The lowest BCUT2D eigenvalue weighted by atomic mass is 10.1. The molecule has 2 aromatic carbocycles. The van der Waals surface area contributed by atoms with Crippen LogP contribution in [0.15, 0.2) is 70.9 Å². The molecule has 4 rings (SSSR count). The number of benzene rings is 2. The van der Waals surface area contributed by atoms with E-state index in [9.17, 15) is 18.0 Å². The molecule has 0 spiro atoms. The molecule has 2 heterocycles. The lowest BCUT2D eigenvalue weighted by molar-refractivity contribution is -0.122. The quantitative estimate of drug-likeness (QED) is 0.499. The molecule has 0 aliphatic carbocycles. The number of thiophene rings is 1. The van der Waals surface area contributed by atoms with Crippen molar-refractivity contribution in [2.24, 2.45) is 0 Å². The number of nitrogens with zero attached hydrogens (tertiary/aromatic N) is 1. The van der Waals surface area contributed by atoms with E-state index >= 15 is 0 Å². The summed E-state index contributed by atoms with van der Waals surface area (Å²) in [6, 6.07) is 16.9. The highest BCUT2D eigenvalue weighted by Crippen LogP contribution is 2.34. The van der Waals surface area contributed by atoms with E-state index in [4.69, 9.17) is 0 Å². The van der Waals surface area contributed by atoms with Crippen LogP contribution in [0.25, 0.3) is 0 Å². The number of hydrogen-bond acceptors (Lipinski definition) is 5. The van der Waals surface area contributed by atoms with E-state index < -0.39 is 22.0 Å². The second kappa shape index (κ2) is 10.1. The van der Waals surface area contributed by atoms with E-state index in [2.05, 4.69) is 10.0 Å². The molecule has 7 nitrogen and oxygen atoms in total. The molecular weight excluding hydrogens is 470 g/mol. The van der Waals surface area contributed by atoms with Crippen molar-refractivity contribution in [3.63, 3.8) is 0 Å². The summed E-state index contributed by atoms with van der Waals surface area (Å²) < 4.78 is 29.2. The number of hydrogen-bond donors (Lipinski definition) is 2. The van der Waals surface area contributed by atoms with E-state index in [0.29, 0.717) is 13.0 Å². The maximum atomic E-state index is 13.3. The van der Waals surface area contributed by atoms with Gasteiger partial charge in [0.15, 0.2) is 0 Å². The average molecular weight is 498 g/mol. The van der Waals surface area contributed by atoms with Crippen LogP contribution >= 0.6 is 11.3 Å². The predicted octanol–water partition coefficient (Wildman–Crippen LogP) is 3.25. The van der Waals surface area contributed by atoms with Crippen LogP contribution in [-0.4, -0.2) is 32.3 Å². The Labute approximate surface area is 203 Å². The highest BCUT2D eigenvalue weighted by Gasteiger charge is 2.31. The molecule has 34 heavy (non-hydrogen) atoms. The van der Waals surface area contributed by atoms with Gasteiger partial charge in [0.2, 0.25) is 21.8 Å². The molecule has 2 atom stereocenters. The van der Waals surface area contributed by atoms with Crippen LogP contribution in [0.4, 0.5) is 5.69 Å². The van der Waals surface area contributed by atoms with Crippen molar-refractivity contribution in [2.45, 2.75) is 50.2 Å². The van der Waals surface area contributed by atoms with Crippen molar-refractivity contribution in [1.29, 1.82) is 0 Å². The van der Waals surface area contributed by atoms with Crippen molar-refractivity contribution >= 4 is 38.9 Å². The minimum absolute atomic E-state index is 0.0349. The molecule has 9 heteroatoms. The molecule has 0 saturated heterocycles. The van der Waals surface area contributed by atoms with Gasteiger partial charge in [-0.3, -0.25) is 9.59 Å². The smallest absolute Gasteiger partial charge is 0.241 e. The number of anilines is 1. The largest absolute Gasteiger partial charge is 0.350 e. The minimum atomic E-state index is -3.99. The summed E-state index contributed by atoms with van der Waals surface area (Å²) in [7, 11) is -3.99. The van der Waals surface area contributed by atoms with Crippen LogP contribution in [0.3, 0.4) is 0 Å².